The Labute approximate surface area is 157 Å². The Bertz CT molecular complexity index is 914. The molecule has 0 aliphatic carbocycles. The fraction of sp³-hybridized carbons (Fsp3) is 0.333. The molecule has 1 N–H and O–H groups in total. The number of sulfonamides is 1. The fourth-order valence-electron chi connectivity index (χ4n) is 2.80. The van der Waals surface area contributed by atoms with Crippen molar-refractivity contribution in [3.63, 3.8) is 0 Å². The number of hydrogen-bond acceptors (Lipinski definition) is 6. The molecule has 0 atom stereocenters. The second-order valence-electron chi connectivity index (χ2n) is 5.89. The maximum atomic E-state index is 14.3. The summed E-state index contributed by atoms with van der Waals surface area (Å²) in [7, 11) is -1.31. The van der Waals surface area contributed by atoms with Crippen molar-refractivity contribution in [2.45, 2.75) is 4.90 Å². The Hall–Kier alpha value is -2.52. The number of ether oxygens (including phenoxy) is 3. The molecule has 0 saturated carbocycles. The molecule has 0 aromatic heterocycles. The number of methoxy groups -OCH3 is 2. The predicted octanol–water partition coefficient (Wildman–Crippen LogP) is 2.48. The van der Waals surface area contributed by atoms with Gasteiger partial charge in [0.2, 0.25) is 0 Å². The third kappa shape index (κ3) is 4.25. The lowest BCUT2D eigenvalue weighted by Crippen LogP contribution is -2.36. The molecule has 1 saturated heterocycles. The molecule has 27 heavy (non-hydrogen) atoms. The van der Waals surface area contributed by atoms with Crippen LogP contribution in [0.1, 0.15) is 0 Å². The van der Waals surface area contributed by atoms with Crippen molar-refractivity contribution in [3.8, 4) is 11.5 Å². The first-order valence-corrected chi connectivity index (χ1v) is 9.80. The molecule has 0 radical (unpaired) electrons. The van der Waals surface area contributed by atoms with Gasteiger partial charge in [0.25, 0.3) is 10.0 Å². The van der Waals surface area contributed by atoms with Gasteiger partial charge in [0.15, 0.2) is 0 Å². The van der Waals surface area contributed by atoms with E-state index in [4.69, 9.17) is 14.2 Å². The average Bonchev–Trinajstić information content (AvgIpc) is 2.69. The van der Waals surface area contributed by atoms with Crippen LogP contribution in [0.2, 0.25) is 0 Å². The zero-order chi connectivity index (χ0) is 19.4. The molecule has 1 heterocycles. The molecule has 1 fully saturated rings. The fourth-order valence-corrected chi connectivity index (χ4v) is 4.05. The molecule has 0 bridgehead atoms. The summed E-state index contributed by atoms with van der Waals surface area (Å²) in [5.41, 5.74) is 0.582. The molecule has 146 valence electrons. The van der Waals surface area contributed by atoms with Crippen LogP contribution >= 0.6 is 0 Å². The molecule has 1 aliphatic rings. The Kier molecular flexibility index (Phi) is 5.71. The van der Waals surface area contributed by atoms with Gasteiger partial charge in [0.05, 0.1) is 33.1 Å². The molecule has 0 amide bonds. The molecule has 3 rings (SSSR count). The summed E-state index contributed by atoms with van der Waals surface area (Å²) >= 11 is 0. The number of nitrogens with zero attached hydrogens (tertiary/aromatic N) is 1. The number of hydrogen-bond donors (Lipinski definition) is 1. The minimum Gasteiger partial charge on any atom is -0.497 e. The first-order valence-electron chi connectivity index (χ1n) is 8.31. The molecule has 1 aliphatic heterocycles. The van der Waals surface area contributed by atoms with Crippen LogP contribution in [0.4, 0.5) is 15.8 Å². The number of benzene rings is 2. The monoisotopic (exact) mass is 396 g/mol. The Balaban J connectivity index is 1.94. The molecule has 9 heteroatoms. The highest BCUT2D eigenvalue weighted by Gasteiger charge is 2.23. The summed E-state index contributed by atoms with van der Waals surface area (Å²) in [5.74, 6) is -0.191. The largest absolute Gasteiger partial charge is 0.497 e. The van der Waals surface area contributed by atoms with Gasteiger partial charge in [-0.1, -0.05) is 0 Å². The lowest BCUT2D eigenvalue weighted by atomic mass is 10.2. The van der Waals surface area contributed by atoms with E-state index in [2.05, 4.69) is 4.72 Å². The number of anilines is 2. The normalized spacial score (nSPS) is 14.7. The van der Waals surface area contributed by atoms with Gasteiger partial charge in [-0.2, -0.15) is 0 Å². The quantitative estimate of drug-likeness (QED) is 0.808. The van der Waals surface area contributed by atoms with Crippen LogP contribution in [0, 0.1) is 5.82 Å². The van der Waals surface area contributed by atoms with Gasteiger partial charge in [-0.25, -0.2) is 12.8 Å². The number of rotatable bonds is 6. The van der Waals surface area contributed by atoms with Crippen LogP contribution in [0.25, 0.3) is 0 Å². The van der Waals surface area contributed by atoms with E-state index in [1.165, 1.54) is 38.5 Å². The summed E-state index contributed by atoms with van der Waals surface area (Å²) in [5, 5.41) is 0. The zero-order valence-corrected chi connectivity index (χ0v) is 15.9. The van der Waals surface area contributed by atoms with Crippen molar-refractivity contribution in [2.75, 3.05) is 50.1 Å². The molecule has 7 nitrogen and oxygen atoms in total. The van der Waals surface area contributed by atoms with Crippen molar-refractivity contribution in [1.82, 2.24) is 0 Å². The van der Waals surface area contributed by atoms with Crippen molar-refractivity contribution < 1.29 is 27.0 Å². The smallest absolute Gasteiger partial charge is 0.265 e. The summed E-state index contributed by atoms with van der Waals surface area (Å²) in [4.78, 5) is 1.87. The SMILES string of the molecule is COc1ccc(OC)c(S(=O)(=O)Nc2cc(N3CCOCC3)ccc2F)c1. The number of halogens is 1. The summed E-state index contributed by atoms with van der Waals surface area (Å²) in [6.07, 6.45) is 0. The van der Waals surface area contributed by atoms with Gasteiger partial charge >= 0.3 is 0 Å². The van der Waals surface area contributed by atoms with Crippen molar-refractivity contribution in [1.29, 1.82) is 0 Å². The maximum Gasteiger partial charge on any atom is 0.265 e. The van der Waals surface area contributed by atoms with Crippen LogP contribution < -0.4 is 19.1 Å². The van der Waals surface area contributed by atoms with Gasteiger partial charge < -0.3 is 19.1 Å². The van der Waals surface area contributed by atoms with Crippen LogP contribution in [-0.4, -0.2) is 48.9 Å². The molecule has 0 spiro atoms. The molecule has 2 aromatic carbocycles. The highest BCUT2D eigenvalue weighted by Crippen LogP contribution is 2.31. The Morgan fingerprint density at radius 3 is 2.48 bits per heavy atom. The van der Waals surface area contributed by atoms with E-state index in [1.54, 1.807) is 12.1 Å². The standard InChI is InChI=1S/C18H21FN2O5S/c1-24-14-4-6-17(25-2)18(12-14)27(22,23)20-16-11-13(3-5-15(16)19)21-7-9-26-10-8-21/h3-6,11-12,20H,7-10H2,1-2H3. The zero-order valence-electron chi connectivity index (χ0n) is 15.1. The second kappa shape index (κ2) is 8.01. The van der Waals surface area contributed by atoms with E-state index in [9.17, 15) is 12.8 Å². The summed E-state index contributed by atoms with van der Waals surface area (Å²) < 4.78 is 57.8. The highest BCUT2D eigenvalue weighted by atomic mass is 32.2. The van der Waals surface area contributed by atoms with Crippen LogP contribution in [0.3, 0.4) is 0 Å². The molecule has 2 aromatic rings. The highest BCUT2D eigenvalue weighted by molar-refractivity contribution is 7.92. The van der Waals surface area contributed by atoms with Crippen LogP contribution in [0.5, 0.6) is 11.5 Å². The van der Waals surface area contributed by atoms with Crippen molar-refractivity contribution in [2.24, 2.45) is 0 Å². The van der Waals surface area contributed by atoms with Crippen molar-refractivity contribution in [3.05, 3.63) is 42.2 Å². The second-order valence-corrected chi connectivity index (χ2v) is 7.54. The number of morpholine rings is 1. The Morgan fingerprint density at radius 2 is 1.81 bits per heavy atom. The third-order valence-corrected chi connectivity index (χ3v) is 5.62. The van der Waals surface area contributed by atoms with E-state index in [0.717, 1.165) is 5.69 Å². The molecule has 0 unspecified atom stereocenters. The summed E-state index contributed by atoms with van der Waals surface area (Å²) in [6, 6.07) is 8.72. The predicted molar refractivity (Wildman–Crippen MR) is 99.8 cm³/mol. The minimum absolute atomic E-state index is 0.132. The van der Waals surface area contributed by atoms with Crippen LogP contribution in [-0.2, 0) is 14.8 Å². The van der Waals surface area contributed by atoms with E-state index in [0.29, 0.717) is 32.1 Å². The van der Waals surface area contributed by atoms with Crippen molar-refractivity contribution >= 4 is 21.4 Å². The number of nitrogens with one attached hydrogen (secondary N) is 1. The first-order chi connectivity index (χ1) is 12.9. The Morgan fingerprint density at radius 1 is 1.07 bits per heavy atom. The van der Waals surface area contributed by atoms with E-state index < -0.39 is 15.8 Å². The van der Waals surface area contributed by atoms with Gasteiger partial charge in [-0.05, 0) is 30.3 Å². The lowest BCUT2D eigenvalue weighted by Gasteiger charge is -2.29. The van der Waals surface area contributed by atoms with Gasteiger partial charge in [-0.15, -0.1) is 0 Å². The maximum absolute atomic E-state index is 14.3. The van der Waals surface area contributed by atoms with E-state index in [1.807, 2.05) is 4.90 Å². The summed E-state index contributed by atoms with van der Waals surface area (Å²) in [6.45, 7) is 2.45. The average molecular weight is 396 g/mol. The van der Waals surface area contributed by atoms with E-state index >= 15 is 0 Å². The minimum atomic E-state index is -4.10. The first kappa shape index (κ1) is 19.2. The van der Waals surface area contributed by atoms with Gasteiger partial charge in [0, 0.05) is 24.8 Å². The third-order valence-electron chi connectivity index (χ3n) is 4.23. The molecular weight excluding hydrogens is 375 g/mol. The van der Waals surface area contributed by atoms with E-state index in [-0.39, 0.29) is 16.3 Å². The topological polar surface area (TPSA) is 77.1 Å². The van der Waals surface area contributed by atoms with Gasteiger partial charge in [-0.3, -0.25) is 4.72 Å². The van der Waals surface area contributed by atoms with Gasteiger partial charge in [0.1, 0.15) is 22.2 Å². The van der Waals surface area contributed by atoms with Crippen LogP contribution in [0.15, 0.2) is 41.3 Å². The lowest BCUT2D eigenvalue weighted by molar-refractivity contribution is 0.122. The molecular formula is C18H21FN2O5S.